The second-order valence-electron chi connectivity index (χ2n) is 2.78. The number of amides is 1. The van der Waals surface area contributed by atoms with E-state index in [2.05, 4.69) is 20.5 Å². The molecule has 0 fully saturated rings. The van der Waals surface area contributed by atoms with E-state index < -0.39 is 17.9 Å². The minimum absolute atomic E-state index is 0.0612. The van der Waals surface area contributed by atoms with E-state index in [-0.39, 0.29) is 12.4 Å². The van der Waals surface area contributed by atoms with E-state index in [1.807, 2.05) is 0 Å². The maximum absolute atomic E-state index is 11.4. The second kappa shape index (κ2) is 5.08. The van der Waals surface area contributed by atoms with Gasteiger partial charge in [-0.15, -0.1) is 0 Å². The molecule has 1 unspecified atom stereocenters. The molecule has 0 saturated heterocycles. The Bertz CT molecular complexity index is 336. The van der Waals surface area contributed by atoms with Crippen LogP contribution in [-0.4, -0.2) is 39.7 Å². The third-order valence-corrected chi connectivity index (χ3v) is 1.62. The predicted octanol–water partition coefficient (Wildman–Crippen LogP) is -0.514. The van der Waals surface area contributed by atoms with Crippen molar-refractivity contribution in [2.75, 3.05) is 6.61 Å². The summed E-state index contributed by atoms with van der Waals surface area (Å²) < 4.78 is 4.72. The number of aromatic amines is 1. The first-order valence-electron chi connectivity index (χ1n) is 4.48. The smallest absolute Gasteiger partial charge is 0.328 e. The van der Waals surface area contributed by atoms with Gasteiger partial charge in [-0.25, -0.2) is 9.78 Å². The van der Waals surface area contributed by atoms with E-state index in [4.69, 9.17) is 4.74 Å². The maximum Gasteiger partial charge on any atom is 0.328 e. The zero-order valence-electron chi connectivity index (χ0n) is 8.48. The molecule has 15 heavy (non-hydrogen) atoms. The van der Waals surface area contributed by atoms with Crippen molar-refractivity contribution in [3.63, 3.8) is 0 Å². The molecule has 0 bridgehead atoms. The Morgan fingerprint density at radius 1 is 1.67 bits per heavy atom. The third kappa shape index (κ3) is 3.04. The summed E-state index contributed by atoms with van der Waals surface area (Å²) in [6, 6.07) is -0.706. The van der Waals surface area contributed by atoms with Crippen molar-refractivity contribution in [2.45, 2.75) is 19.9 Å². The average molecular weight is 212 g/mol. The number of hydrogen-bond acceptors (Lipinski definition) is 5. The van der Waals surface area contributed by atoms with Crippen molar-refractivity contribution < 1.29 is 14.3 Å². The predicted molar refractivity (Wildman–Crippen MR) is 49.9 cm³/mol. The Labute approximate surface area is 86.2 Å². The Morgan fingerprint density at radius 3 is 2.93 bits per heavy atom. The van der Waals surface area contributed by atoms with Gasteiger partial charge in [0.1, 0.15) is 12.4 Å². The Kier molecular flexibility index (Phi) is 3.78. The summed E-state index contributed by atoms with van der Waals surface area (Å²) in [5, 5.41) is 8.33. The van der Waals surface area contributed by atoms with Crippen LogP contribution in [0.15, 0.2) is 6.33 Å². The van der Waals surface area contributed by atoms with Gasteiger partial charge in [0, 0.05) is 0 Å². The number of hydrogen-bond donors (Lipinski definition) is 2. The Hall–Kier alpha value is -1.92. The number of ether oxygens (including phenoxy) is 1. The topological polar surface area (TPSA) is 97.0 Å². The van der Waals surface area contributed by atoms with Crippen LogP contribution in [0, 0.1) is 0 Å². The van der Waals surface area contributed by atoms with Crippen LogP contribution in [0.4, 0.5) is 0 Å². The van der Waals surface area contributed by atoms with Crippen LogP contribution in [0.3, 0.4) is 0 Å². The van der Waals surface area contributed by atoms with Crippen LogP contribution in [0.5, 0.6) is 0 Å². The molecule has 1 aromatic rings. The first-order chi connectivity index (χ1) is 7.15. The lowest BCUT2D eigenvalue weighted by Crippen LogP contribution is -2.40. The summed E-state index contributed by atoms with van der Waals surface area (Å²) in [6.07, 6.45) is 1.21. The molecule has 7 heteroatoms. The molecule has 1 rings (SSSR count). The van der Waals surface area contributed by atoms with Crippen molar-refractivity contribution in [3.8, 4) is 0 Å². The summed E-state index contributed by atoms with van der Waals surface area (Å²) in [4.78, 5) is 26.2. The molecule has 0 aliphatic rings. The van der Waals surface area contributed by atoms with Crippen molar-refractivity contribution in [2.24, 2.45) is 0 Å². The van der Waals surface area contributed by atoms with Crippen LogP contribution in [0.25, 0.3) is 0 Å². The van der Waals surface area contributed by atoms with Crippen LogP contribution in [0.2, 0.25) is 0 Å². The molecule has 82 valence electrons. The molecule has 7 nitrogen and oxygen atoms in total. The number of rotatable bonds is 4. The monoisotopic (exact) mass is 212 g/mol. The molecule has 0 aliphatic heterocycles. The summed E-state index contributed by atoms with van der Waals surface area (Å²) in [5.41, 5.74) is 0. The number of esters is 1. The molecule has 1 heterocycles. The van der Waals surface area contributed by atoms with Crippen LogP contribution < -0.4 is 5.32 Å². The van der Waals surface area contributed by atoms with E-state index in [0.717, 1.165) is 0 Å². The third-order valence-electron chi connectivity index (χ3n) is 1.62. The lowest BCUT2D eigenvalue weighted by molar-refractivity contribution is -0.144. The molecule has 1 aromatic heterocycles. The van der Waals surface area contributed by atoms with Gasteiger partial charge in [-0.3, -0.25) is 9.89 Å². The van der Waals surface area contributed by atoms with Gasteiger partial charge in [-0.1, -0.05) is 0 Å². The van der Waals surface area contributed by atoms with Gasteiger partial charge < -0.3 is 10.1 Å². The molecule has 0 aliphatic carbocycles. The van der Waals surface area contributed by atoms with Crippen molar-refractivity contribution in [3.05, 3.63) is 12.2 Å². The van der Waals surface area contributed by atoms with Crippen LogP contribution in [-0.2, 0) is 9.53 Å². The van der Waals surface area contributed by atoms with Crippen molar-refractivity contribution in [1.29, 1.82) is 0 Å². The van der Waals surface area contributed by atoms with Gasteiger partial charge in [0.15, 0.2) is 0 Å². The highest BCUT2D eigenvalue weighted by Gasteiger charge is 2.18. The first kappa shape index (κ1) is 11.2. The molecular weight excluding hydrogens is 200 g/mol. The van der Waals surface area contributed by atoms with Gasteiger partial charge in [0.25, 0.3) is 5.91 Å². The number of H-pyrrole nitrogens is 1. The SMILES string of the molecule is CCOC(=O)C(C)NC(=O)c1ncn[nH]1. The van der Waals surface area contributed by atoms with E-state index in [0.29, 0.717) is 0 Å². The molecule has 1 amide bonds. The molecule has 2 N–H and O–H groups in total. The first-order valence-corrected chi connectivity index (χ1v) is 4.48. The summed E-state index contributed by atoms with van der Waals surface area (Å²) >= 11 is 0. The number of aromatic nitrogens is 3. The van der Waals surface area contributed by atoms with E-state index in [9.17, 15) is 9.59 Å². The Balaban J connectivity index is 2.48. The van der Waals surface area contributed by atoms with Gasteiger partial charge in [-0.05, 0) is 13.8 Å². The lowest BCUT2D eigenvalue weighted by Gasteiger charge is -2.10. The highest BCUT2D eigenvalue weighted by Crippen LogP contribution is 1.91. The average Bonchev–Trinajstić information content (AvgIpc) is 2.70. The Morgan fingerprint density at radius 2 is 2.40 bits per heavy atom. The molecule has 1 atom stereocenters. The normalized spacial score (nSPS) is 11.9. The quantitative estimate of drug-likeness (QED) is 0.655. The fraction of sp³-hybridized carbons (Fsp3) is 0.500. The number of nitrogens with zero attached hydrogens (tertiary/aromatic N) is 2. The second-order valence-corrected chi connectivity index (χ2v) is 2.78. The standard InChI is InChI=1S/C8H12N4O3/c1-3-15-8(14)5(2)11-7(13)6-9-4-10-12-6/h4-5H,3H2,1-2H3,(H,11,13)(H,9,10,12). The number of carbonyl (C=O) groups is 2. The molecule has 0 aromatic carbocycles. The van der Waals surface area contributed by atoms with Gasteiger partial charge in [-0.2, -0.15) is 5.10 Å². The van der Waals surface area contributed by atoms with E-state index in [1.165, 1.54) is 13.3 Å². The lowest BCUT2D eigenvalue weighted by atomic mass is 10.3. The minimum atomic E-state index is -0.706. The molecule has 0 radical (unpaired) electrons. The largest absolute Gasteiger partial charge is 0.464 e. The van der Waals surface area contributed by atoms with E-state index in [1.54, 1.807) is 6.92 Å². The highest BCUT2D eigenvalue weighted by atomic mass is 16.5. The zero-order chi connectivity index (χ0) is 11.3. The zero-order valence-corrected chi connectivity index (χ0v) is 8.48. The molecule has 0 spiro atoms. The highest BCUT2D eigenvalue weighted by molar-refractivity contribution is 5.93. The summed E-state index contributed by atoms with van der Waals surface area (Å²) in [7, 11) is 0. The fourth-order valence-corrected chi connectivity index (χ4v) is 0.906. The molecular formula is C8H12N4O3. The summed E-state index contributed by atoms with van der Waals surface area (Å²) in [6.45, 7) is 3.51. The van der Waals surface area contributed by atoms with Crippen LogP contribution >= 0.6 is 0 Å². The van der Waals surface area contributed by atoms with E-state index >= 15 is 0 Å². The van der Waals surface area contributed by atoms with Crippen molar-refractivity contribution in [1.82, 2.24) is 20.5 Å². The molecule has 0 saturated carbocycles. The van der Waals surface area contributed by atoms with Gasteiger partial charge in [0.2, 0.25) is 5.82 Å². The summed E-state index contributed by atoms with van der Waals surface area (Å²) in [5.74, 6) is -0.912. The van der Waals surface area contributed by atoms with Crippen molar-refractivity contribution >= 4 is 11.9 Å². The fourth-order valence-electron chi connectivity index (χ4n) is 0.906. The number of carbonyl (C=O) groups excluding carboxylic acids is 2. The minimum Gasteiger partial charge on any atom is -0.464 e. The van der Waals surface area contributed by atoms with Crippen LogP contribution in [0.1, 0.15) is 24.5 Å². The van der Waals surface area contributed by atoms with Gasteiger partial charge >= 0.3 is 5.97 Å². The van der Waals surface area contributed by atoms with Gasteiger partial charge in [0.05, 0.1) is 6.61 Å². The number of nitrogens with one attached hydrogen (secondary N) is 2. The maximum atomic E-state index is 11.4.